The van der Waals surface area contributed by atoms with Crippen LogP contribution < -0.4 is 9.64 Å². The lowest BCUT2D eigenvalue weighted by Crippen LogP contribution is -2.30. The molecule has 4 nitrogen and oxygen atoms in total. The van der Waals surface area contributed by atoms with Gasteiger partial charge in [0.1, 0.15) is 0 Å². The van der Waals surface area contributed by atoms with Crippen molar-refractivity contribution in [1.29, 1.82) is 0 Å². The monoisotopic (exact) mass is 235 g/mol. The molecule has 4 heteroatoms. The molecule has 1 aromatic rings. The topological polar surface area (TPSA) is 38.2 Å². The summed E-state index contributed by atoms with van der Waals surface area (Å²) in [5, 5.41) is 0. The van der Waals surface area contributed by atoms with Gasteiger partial charge in [0, 0.05) is 12.6 Å². The number of nitrogens with zero attached hydrogens (tertiary/aromatic N) is 3. The molecule has 1 aromatic heterocycles. The summed E-state index contributed by atoms with van der Waals surface area (Å²) >= 11 is 0. The van der Waals surface area contributed by atoms with Gasteiger partial charge in [-0.3, -0.25) is 4.98 Å². The molecule has 0 saturated carbocycles. The molecule has 2 atom stereocenters. The van der Waals surface area contributed by atoms with Gasteiger partial charge in [-0.05, 0) is 33.1 Å². The Hall–Kier alpha value is -1.32. The van der Waals surface area contributed by atoms with E-state index in [1.807, 2.05) is 20.0 Å². The third kappa shape index (κ3) is 2.68. The van der Waals surface area contributed by atoms with Crippen molar-refractivity contribution in [1.82, 2.24) is 9.97 Å². The van der Waals surface area contributed by atoms with Gasteiger partial charge in [-0.2, -0.15) is 4.98 Å². The number of anilines is 1. The molecule has 2 heterocycles. The molecular formula is C13H21N3O. The standard InChI is InChI=1S/C13H21N3O/c1-9(2)17-13-8-14-7-12(15-13)16-6-5-10(3)11(16)4/h7-11H,5-6H2,1-4H3. The third-order valence-corrected chi connectivity index (χ3v) is 3.39. The Morgan fingerprint density at radius 2 is 2.12 bits per heavy atom. The molecule has 0 aliphatic carbocycles. The van der Waals surface area contributed by atoms with Gasteiger partial charge in [0.2, 0.25) is 5.88 Å². The highest BCUT2D eigenvalue weighted by Crippen LogP contribution is 2.28. The molecule has 2 unspecified atom stereocenters. The normalized spacial score (nSPS) is 24.4. The molecule has 0 N–H and O–H groups in total. The van der Waals surface area contributed by atoms with Gasteiger partial charge in [-0.25, -0.2) is 0 Å². The van der Waals surface area contributed by atoms with E-state index in [4.69, 9.17) is 4.74 Å². The predicted molar refractivity (Wildman–Crippen MR) is 68.4 cm³/mol. The van der Waals surface area contributed by atoms with E-state index in [0.29, 0.717) is 17.8 Å². The quantitative estimate of drug-likeness (QED) is 0.807. The molecule has 0 radical (unpaired) electrons. The molecule has 2 rings (SSSR count). The first-order chi connectivity index (χ1) is 8.08. The Labute approximate surface area is 103 Å². The van der Waals surface area contributed by atoms with E-state index in [1.165, 1.54) is 6.42 Å². The van der Waals surface area contributed by atoms with E-state index in [-0.39, 0.29) is 6.10 Å². The molecule has 1 aliphatic rings. The molecule has 94 valence electrons. The van der Waals surface area contributed by atoms with Crippen LogP contribution in [0.3, 0.4) is 0 Å². The maximum absolute atomic E-state index is 5.58. The van der Waals surface area contributed by atoms with Gasteiger partial charge in [0.15, 0.2) is 5.82 Å². The smallest absolute Gasteiger partial charge is 0.234 e. The summed E-state index contributed by atoms with van der Waals surface area (Å²) in [7, 11) is 0. The Morgan fingerprint density at radius 1 is 1.35 bits per heavy atom. The molecule has 1 saturated heterocycles. The lowest BCUT2D eigenvalue weighted by atomic mass is 10.1. The highest BCUT2D eigenvalue weighted by Gasteiger charge is 2.28. The van der Waals surface area contributed by atoms with Crippen molar-refractivity contribution in [3.8, 4) is 5.88 Å². The maximum Gasteiger partial charge on any atom is 0.234 e. The fourth-order valence-electron chi connectivity index (χ4n) is 2.19. The Kier molecular flexibility index (Phi) is 3.50. The SMILES string of the molecule is CC(C)Oc1cncc(N2CCC(C)C2C)n1. The second-order valence-corrected chi connectivity index (χ2v) is 5.08. The summed E-state index contributed by atoms with van der Waals surface area (Å²) in [6, 6.07) is 0.526. The zero-order valence-corrected chi connectivity index (χ0v) is 11.1. The van der Waals surface area contributed by atoms with Gasteiger partial charge >= 0.3 is 0 Å². The van der Waals surface area contributed by atoms with Crippen LogP contribution in [-0.2, 0) is 0 Å². The van der Waals surface area contributed by atoms with E-state index in [9.17, 15) is 0 Å². The molecule has 17 heavy (non-hydrogen) atoms. The lowest BCUT2D eigenvalue weighted by molar-refractivity contribution is 0.231. The summed E-state index contributed by atoms with van der Waals surface area (Å²) < 4.78 is 5.58. The van der Waals surface area contributed by atoms with E-state index in [0.717, 1.165) is 12.4 Å². The van der Waals surface area contributed by atoms with E-state index < -0.39 is 0 Å². The molecule has 0 amide bonds. The predicted octanol–water partition coefficient (Wildman–Crippen LogP) is 2.50. The summed E-state index contributed by atoms with van der Waals surface area (Å²) in [5.74, 6) is 2.26. The number of aromatic nitrogens is 2. The average Bonchev–Trinajstić information content (AvgIpc) is 2.59. The van der Waals surface area contributed by atoms with Gasteiger partial charge in [0.25, 0.3) is 0 Å². The van der Waals surface area contributed by atoms with Crippen molar-refractivity contribution in [2.24, 2.45) is 5.92 Å². The third-order valence-electron chi connectivity index (χ3n) is 3.39. The number of hydrogen-bond donors (Lipinski definition) is 0. The van der Waals surface area contributed by atoms with E-state index in [1.54, 1.807) is 6.20 Å². The summed E-state index contributed by atoms with van der Waals surface area (Å²) in [5.41, 5.74) is 0. The van der Waals surface area contributed by atoms with Crippen molar-refractivity contribution >= 4 is 5.82 Å². The zero-order valence-electron chi connectivity index (χ0n) is 11.1. The van der Waals surface area contributed by atoms with Gasteiger partial charge in [0.05, 0.1) is 18.5 Å². The lowest BCUT2D eigenvalue weighted by Gasteiger charge is -2.24. The first-order valence-electron chi connectivity index (χ1n) is 6.33. The minimum atomic E-state index is 0.134. The summed E-state index contributed by atoms with van der Waals surface area (Å²) in [4.78, 5) is 11.0. The van der Waals surface area contributed by atoms with Crippen LogP contribution in [0.2, 0.25) is 0 Å². The van der Waals surface area contributed by atoms with Crippen LogP contribution in [0.15, 0.2) is 12.4 Å². The Morgan fingerprint density at radius 3 is 2.71 bits per heavy atom. The van der Waals surface area contributed by atoms with Crippen LogP contribution in [0.1, 0.15) is 34.1 Å². The zero-order chi connectivity index (χ0) is 12.4. The average molecular weight is 235 g/mol. The second-order valence-electron chi connectivity index (χ2n) is 5.08. The van der Waals surface area contributed by atoms with Crippen molar-refractivity contribution in [2.45, 2.75) is 46.3 Å². The van der Waals surface area contributed by atoms with E-state index in [2.05, 4.69) is 28.7 Å². The first kappa shape index (κ1) is 12.1. The highest BCUT2D eigenvalue weighted by molar-refractivity contribution is 5.40. The summed E-state index contributed by atoms with van der Waals surface area (Å²) in [6.07, 6.45) is 4.85. The highest BCUT2D eigenvalue weighted by atomic mass is 16.5. The van der Waals surface area contributed by atoms with E-state index >= 15 is 0 Å². The molecule has 0 aromatic carbocycles. The van der Waals surface area contributed by atoms with Crippen LogP contribution in [0.25, 0.3) is 0 Å². The minimum absolute atomic E-state index is 0.134. The molecule has 1 fully saturated rings. The second kappa shape index (κ2) is 4.90. The summed E-state index contributed by atoms with van der Waals surface area (Å²) in [6.45, 7) is 9.58. The minimum Gasteiger partial charge on any atom is -0.474 e. The Balaban J connectivity index is 2.16. The van der Waals surface area contributed by atoms with Gasteiger partial charge < -0.3 is 9.64 Å². The Bertz CT molecular complexity index is 381. The van der Waals surface area contributed by atoms with Crippen molar-refractivity contribution < 1.29 is 4.74 Å². The first-order valence-corrected chi connectivity index (χ1v) is 6.33. The van der Waals surface area contributed by atoms with Gasteiger partial charge in [-0.1, -0.05) is 6.92 Å². The van der Waals surface area contributed by atoms with Gasteiger partial charge in [-0.15, -0.1) is 0 Å². The van der Waals surface area contributed by atoms with Crippen LogP contribution in [0, 0.1) is 5.92 Å². The molecule has 0 spiro atoms. The van der Waals surface area contributed by atoms with Crippen LogP contribution in [0.5, 0.6) is 5.88 Å². The fraction of sp³-hybridized carbons (Fsp3) is 0.692. The number of rotatable bonds is 3. The van der Waals surface area contributed by atoms with Crippen molar-refractivity contribution in [3.63, 3.8) is 0 Å². The maximum atomic E-state index is 5.58. The van der Waals surface area contributed by atoms with Crippen molar-refractivity contribution in [2.75, 3.05) is 11.4 Å². The van der Waals surface area contributed by atoms with Crippen molar-refractivity contribution in [3.05, 3.63) is 12.4 Å². The van der Waals surface area contributed by atoms with Crippen LogP contribution >= 0.6 is 0 Å². The molecule has 0 bridgehead atoms. The molecular weight excluding hydrogens is 214 g/mol. The number of hydrogen-bond acceptors (Lipinski definition) is 4. The van der Waals surface area contributed by atoms with Crippen LogP contribution in [0.4, 0.5) is 5.82 Å². The fourth-order valence-corrected chi connectivity index (χ4v) is 2.19. The number of ether oxygens (including phenoxy) is 1. The largest absolute Gasteiger partial charge is 0.474 e. The van der Waals surface area contributed by atoms with Crippen LogP contribution in [-0.4, -0.2) is 28.7 Å². The molecule has 1 aliphatic heterocycles.